The average Bonchev–Trinajstić information content (AvgIpc) is 2.37. The summed E-state index contributed by atoms with van der Waals surface area (Å²) in [6.45, 7) is 4.93. The van der Waals surface area contributed by atoms with Crippen LogP contribution in [0.2, 0.25) is 0 Å². The molecule has 0 unspecified atom stereocenters. The van der Waals surface area contributed by atoms with Crippen molar-refractivity contribution in [2.45, 2.75) is 20.3 Å². The van der Waals surface area contributed by atoms with Crippen molar-refractivity contribution in [1.82, 2.24) is 15.0 Å². The van der Waals surface area contributed by atoms with Gasteiger partial charge in [-0.05, 0) is 48.1 Å². The monoisotopic (exact) mass is 354 g/mol. The second-order valence-electron chi connectivity index (χ2n) is 3.96. The minimum atomic E-state index is 0.712. The van der Waals surface area contributed by atoms with Crippen LogP contribution in [0.4, 0.5) is 5.82 Å². The predicted octanol–water partition coefficient (Wildman–Crippen LogP) is 2.81. The molecular weight excluding hydrogens is 339 g/mol. The minimum Gasteiger partial charge on any atom is -0.369 e. The van der Waals surface area contributed by atoms with E-state index in [1.807, 2.05) is 25.3 Å². The van der Waals surface area contributed by atoms with E-state index in [-0.39, 0.29) is 0 Å². The molecule has 0 atom stereocenters. The first-order valence-corrected chi connectivity index (χ1v) is 6.94. The number of hydrogen-bond acceptors (Lipinski definition) is 4. The Morgan fingerprint density at radius 3 is 2.83 bits per heavy atom. The van der Waals surface area contributed by atoms with E-state index in [9.17, 15) is 0 Å². The molecule has 94 valence electrons. The van der Waals surface area contributed by atoms with E-state index in [4.69, 9.17) is 0 Å². The minimum absolute atomic E-state index is 0.712. The second kappa shape index (κ2) is 6.08. The summed E-state index contributed by atoms with van der Waals surface area (Å²) in [7, 11) is 0. The third-order valence-electron chi connectivity index (χ3n) is 2.49. The zero-order valence-electron chi connectivity index (χ0n) is 10.4. The van der Waals surface area contributed by atoms with Crippen LogP contribution in [0, 0.1) is 10.5 Å². The van der Waals surface area contributed by atoms with E-state index in [2.05, 4.69) is 49.8 Å². The molecule has 2 aromatic rings. The van der Waals surface area contributed by atoms with E-state index < -0.39 is 0 Å². The summed E-state index contributed by atoms with van der Waals surface area (Å²) in [5.41, 5.74) is 2.14. The lowest BCUT2D eigenvalue weighted by molar-refractivity contribution is 0.925. The van der Waals surface area contributed by atoms with Gasteiger partial charge in [0, 0.05) is 25.4 Å². The van der Waals surface area contributed by atoms with Gasteiger partial charge in [0.25, 0.3) is 0 Å². The fraction of sp³-hybridized carbons (Fsp3) is 0.308. The summed E-state index contributed by atoms with van der Waals surface area (Å²) < 4.78 is 1.09. The van der Waals surface area contributed by atoms with E-state index in [1.54, 1.807) is 6.20 Å². The molecule has 0 spiro atoms. The quantitative estimate of drug-likeness (QED) is 0.858. The predicted molar refractivity (Wildman–Crippen MR) is 80.7 cm³/mol. The molecule has 0 aromatic carbocycles. The molecular formula is C13H15IN4. The highest BCUT2D eigenvalue weighted by molar-refractivity contribution is 14.1. The maximum absolute atomic E-state index is 4.56. The lowest BCUT2D eigenvalue weighted by Gasteiger charge is -2.09. The van der Waals surface area contributed by atoms with Crippen molar-refractivity contribution in [1.29, 1.82) is 0 Å². The molecule has 0 amide bonds. The second-order valence-corrected chi connectivity index (χ2v) is 5.03. The average molecular weight is 354 g/mol. The molecule has 0 aliphatic carbocycles. The summed E-state index contributed by atoms with van der Waals surface area (Å²) >= 11 is 2.28. The topological polar surface area (TPSA) is 50.7 Å². The molecule has 2 aromatic heterocycles. The van der Waals surface area contributed by atoms with Gasteiger partial charge < -0.3 is 5.32 Å². The first-order valence-electron chi connectivity index (χ1n) is 5.86. The van der Waals surface area contributed by atoms with E-state index >= 15 is 0 Å². The normalized spacial score (nSPS) is 10.4. The first-order chi connectivity index (χ1) is 8.70. The van der Waals surface area contributed by atoms with E-state index in [1.165, 1.54) is 0 Å². The Morgan fingerprint density at radius 2 is 2.17 bits per heavy atom. The van der Waals surface area contributed by atoms with Gasteiger partial charge in [0.15, 0.2) is 0 Å². The van der Waals surface area contributed by atoms with Gasteiger partial charge in [0.2, 0.25) is 0 Å². The molecule has 0 aliphatic rings. The fourth-order valence-corrected chi connectivity index (χ4v) is 2.10. The van der Waals surface area contributed by atoms with Crippen LogP contribution in [-0.2, 0) is 6.42 Å². The Kier molecular flexibility index (Phi) is 4.46. The summed E-state index contributed by atoms with van der Waals surface area (Å²) in [5, 5.41) is 3.27. The van der Waals surface area contributed by atoms with Gasteiger partial charge in [-0.1, -0.05) is 6.07 Å². The van der Waals surface area contributed by atoms with Gasteiger partial charge in [0.1, 0.15) is 11.6 Å². The molecule has 18 heavy (non-hydrogen) atoms. The Labute approximate surface area is 120 Å². The number of rotatable bonds is 4. The zero-order valence-corrected chi connectivity index (χ0v) is 12.6. The van der Waals surface area contributed by atoms with Gasteiger partial charge in [-0.3, -0.25) is 4.98 Å². The maximum Gasteiger partial charge on any atom is 0.143 e. The summed E-state index contributed by atoms with van der Waals surface area (Å²) in [6, 6.07) is 3.97. The molecule has 0 fully saturated rings. The van der Waals surface area contributed by atoms with Crippen molar-refractivity contribution < 1.29 is 0 Å². The molecule has 0 aliphatic heterocycles. The standard InChI is InChI=1S/C13H15IN4/c1-3-16-13-12(14)9(2)17-11(18-13)7-10-5-4-6-15-8-10/h4-6,8H,3,7H2,1-2H3,(H,16,17,18). The summed E-state index contributed by atoms with van der Waals surface area (Å²) in [4.78, 5) is 13.2. The summed E-state index contributed by atoms with van der Waals surface area (Å²) in [5.74, 6) is 1.75. The maximum atomic E-state index is 4.56. The molecule has 0 saturated carbocycles. The van der Waals surface area contributed by atoms with Crippen molar-refractivity contribution in [3.05, 3.63) is 45.2 Å². The number of nitrogens with one attached hydrogen (secondary N) is 1. The number of pyridine rings is 1. The third kappa shape index (κ3) is 3.16. The Balaban J connectivity index is 2.28. The highest BCUT2D eigenvalue weighted by Crippen LogP contribution is 2.19. The largest absolute Gasteiger partial charge is 0.369 e. The first kappa shape index (κ1) is 13.2. The molecule has 2 rings (SSSR count). The lowest BCUT2D eigenvalue weighted by atomic mass is 10.2. The fourth-order valence-electron chi connectivity index (χ4n) is 1.67. The van der Waals surface area contributed by atoms with Crippen LogP contribution in [0.15, 0.2) is 24.5 Å². The van der Waals surface area contributed by atoms with Crippen LogP contribution in [0.25, 0.3) is 0 Å². The van der Waals surface area contributed by atoms with Crippen LogP contribution < -0.4 is 5.32 Å². The van der Waals surface area contributed by atoms with Gasteiger partial charge in [-0.15, -0.1) is 0 Å². The van der Waals surface area contributed by atoms with Gasteiger partial charge >= 0.3 is 0 Å². The Hall–Kier alpha value is -1.24. The van der Waals surface area contributed by atoms with Crippen LogP contribution in [0.3, 0.4) is 0 Å². The van der Waals surface area contributed by atoms with Crippen LogP contribution in [-0.4, -0.2) is 21.5 Å². The summed E-state index contributed by atoms with van der Waals surface area (Å²) in [6.07, 6.45) is 4.33. The van der Waals surface area contributed by atoms with Crippen LogP contribution in [0.5, 0.6) is 0 Å². The van der Waals surface area contributed by atoms with Crippen molar-refractivity contribution in [3.63, 3.8) is 0 Å². The number of halogens is 1. The van der Waals surface area contributed by atoms with Crippen molar-refractivity contribution in [2.75, 3.05) is 11.9 Å². The van der Waals surface area contributed by atoms with E-state index in [0.717, 1.165) is 33.0 Å². The van der Waals surface area contributed by atoms with Crippen molar-refractivity contribution in [2.24, 2.45) is 0 Å². The number of anilines is 1. The SMILES string of the molecule is CCNc1nc(Cc2cccnc2)nc(C)c1I. The number of aryl methyl sites for hydroxylation is 1. The molecule has 4 nitrogen and oxygen atoms in total. The van der Waals surface area contributed by atoms with Gasteiger partial charge in [-0.25, -0.2) is 9.97 Å². The number of nitrogens with zero attached hydrogens (tertiary/aromatic N) is 3. The molecule has 0 bridgehead atoms. The smallest absolute Gasteiger partial charge is 0.143 e. The Morgan fingerprint density at radius 1 is 1.33 bits per heavy atom. The highest BCUT2D eigenvalue weighted by atomic mass is 127. The molecule has 0 radical (unpaired) electrons. The van der Waals surface area contributed by atoms with Crippen molar-refractivity contribution >= 4 is 28.4 Å². The molecule has 1 N–H and O–H groups in total. The highest BCUT2D eigenvalue weighted by Gasteiger charge is 2.09. The number of hydrogen-bond donors (Lipinski definition) is 1. The van der Waals surface area contributed by atoms with Gasteiger partial charge in [0.05, 0.1) is 9.26 Å². The van der Waals surface area contributed by atoms with Crippen molar-refractivity contribution in [3.8, 4) is 0 Å². The van der Waals surface area contributed by atoms with Gasteiger partial charge in [-0.2, -0.15) is 0 Å². The van der Waals surface area contributed by atoms with Crippen LogP contribution in [0.1, 0.15) is 24.0 Å². The zero-order chi connectivity index (χ0) is 13.0. The van der Waals surface area contributed by atoms with Crippen LogP contribution >= 0.6 is 22.6 Å². The number of aromatic nitrogens is 3. The molecule has 2 heterocycles. The van der Waals surface area contributed by atoms with E-state index in [0.29, 0.717) is 6.42 Å². The molecule has 0 saturated heterocycles. The lowest BCUT2D eigenvalue weighted by Crippen LogP contribution is -2.08. The third-order valence-corrected chi connectivity index (χ3v) is 3.78. The molecule has 5 heteroatoms. The Bertz CT molecular complexity index is 528.